The van der Waals surface area contributed by atoms with Gasteiger partial charge in [0, 0.05) is 12.1 Å². The number of rotatable bonds is 0. The quantitative estimate of drug-likeness (QED) is 0.654. The lowest BCUT2D eigenvalue weighted by Crippen LogP contribution is -2.28. The Morgan fingerprint density at radius 3 is 3.00 bits per heavy atom. The fraction of sp³-hybridized carbons (Fsp3) is 0.400. The number of phenolic OH excluding ortho intramolecular Hbond substituents is 1. The van der Waals surface area contributed by atoms with Gasteiger partial charge in [0.05, 0.1) is 0 Å². The summed E-state index contributed by atoms with van der Waals surface area (Å²) in [6.07, 6.45) is 0. The summed E-state index contributed by atoms with van der Waals surface area (Å²) in [6, 6.07) is 3.66. The second-order valence-electron chi connectivity index (χ2n) is 3.53. The lowest BCUT2D eigenvalue weighted by atomic mass is 10.1. The van der Waals surface area contributed by atoms with Crippen LogP contribution < -0.4 is 4.74 Å². The fourth-order valence-electron chi connectivity index (χ4n) is 1.49. The number of phenols is 1. The van der Waals surface area contributed by atoms with Gasteiger partial charge in [0.2, 0.25) is 0 Å². The van der Waals surface area contributed by atoms with E-state index in [1.807, 2.05) is 20.0 Å². The number of aromatic hydroxyl groups is 1. The first-order chi connectivity index (χ1) is 6.16. The van der Waals surface area contributed by atoms with Crippen molar-refractivity contribution in [3.63, 3.8) is 0 Å². The highest BCUT2D eigenvalue weighted by Crippen LogP contribution is 2.30. The zero-order valence-electron chi connectivity index (χ0n) is 7.87. The standard InChI is InChI=1S/C10H13NO2/c1-7-3-10-8(4-9(7)12)5-11(2)6-13-10/h3-4,12H,5-6H2,1-2H3. The Balaban J connectivity index is 2.43. The summed E-state index contributed by atoms with van der Waals surface area (Å²) in [4.78, 5) is 2.05. The number of ether oxygens (including phenoxy) is 1. The smallest absolute Gasteiger partial charge is 0.142 e. The number of fused-ring (bicyclic) bond motifs is 1. The molecular weight excluding hydrogens is 166 g/mol. The van der Waals surface area contributed by atoms with E-state index < -0.39 is 0 Å². The minimum atomic E-state index is 0.345. The molecule has 1 heterocycles. The summed E-state index contributed by atoms with van der Waals surface area (Å²) < 4.78 is 5.49. The van der Waals surface area contributed by atoms with Crippen molar-refractivity contribution in [3.05, 3.63) is 23.3 Å². The van der Waals surface area contributed by atoms with E-state index in [1.54, 1.807) is 6.07 Å². The number of nitrogens with zero attached hydrogens (tertiary/aromatic N) is 1. The van der Waals surface area contributed by atoms with Crippen LogP contribution in [0.5, 0.6) is 11.5 Å². The van der Waals surface area contributed by atoms with Gasteiger partial charge >= 0.3 is 0 Å². The summed E-state index contributed by atoms with van der Waals surface area (Å²) in [5.41, 5.74) is 1.92. The molecule has 3 nitrogen and oxygen atoms in total. The molecule has 0 amide bonds. The molecule has 0 aromatic heterocycles. The SMILES string of the molecule is Cc1cc2c(cc1O)CN(C)CO2. The Bertz CT molecular complexity index is 336. The van der Waals surface area contributed by atoms with Crippen molar-refractivity contribution in [1.82, 2.24) is 4.90 Å². The van der Waals surface area contributed by atoms with E-state index in [2.05, 4.69) is 4.90 Å². The van der Waals surface area contributed by atoms with Gasteiger partial charge in [-0.15, -0.1) is 0 Å². The topological polar surface area (TPSA) is 32.7 Å². The molecule has 1 aliphatic heterocycles. The van der Waals surface area contributed by atoms with Gasteiger partial charge in [-0.1, -0.05) is 0 Å². The monoisotopic (exact) mass is 179 g/mol. The summed E-state index contributed by atoms with van der Waals surface area (Å²) in [5, 5.41) is 9.49. The van der Waals surface area contributed by atoms with Crippen LogP contribution in [0.1, 0.15) is 11.1 Å². The molecule has 0 radical (unpaired) electrons. The van der Waals surface area contributed by atoms with Gasteiger partial charge in [0.25, 0.3) is 0 Å². The van der Waals surface area contributed by atoms with Crippen LogP contribution in [0.2, 0.25) is 0 Å². The van der Waals surface area contributed by atoms with Gasteiger partial charge < -0.3 is 9.84 Å². The molecule has 0 saturated carbocycles. The predicted octanol–water partition coefficient (Wildman–Crippen LogP) is 1.48. The molecule has 13 heavy (non-hydrogen) atoms. The molecule has 0 bridgehead atoms. The molecule has 1 N–H and O–H groups in total. The molecule has 0 fully saturated rings. The average molecular weight is 179 g/mol. The Morgan fingerprint density at radius 2 is 2.23 bits per heavy atom. The lowest BCUT2D eigenvalue weighted by molar-refractivity contribution is 0.121. The van der Waals surface area contributed by atoms with Crippen molar-refractivity contribution < 1.29 is 9.84 Å². The van der Waals surface area contributed by atoms with Crippen LogP contribution in [0.25, 0.3) is 0 Å². The van der Waals surface area contributed by atoms with Crippen molar-refractivity contribution in [2.75, 3.05) is 13.8 Å². The molecule has 1 aromatic rings. The van der Waals surface area contributed by atoms with Crippen LogP contribution in [-0.4, -0.2) is 23.8 Å². The summed E-state index contributed by atoms with van der Waals surface area (Å²) in [7, 11) is 1.99. The zero-order valence-corrected chi connectivity index (χ0v) is 7.87. The van der Waals surface area contributed by atoms with E-state index >= 15 is 0 Å². The van der Waals surface area contributed by atoms with Gasteiger partial charge in [0.15, 0.2) is 0 Å². The Labute approximate surface area is 77.6 Å². The van der Waals surface area contributed by atoms with Gasteiger partial charge in [-0.25, -0.2) is 0 Å². The number of benzene rings is 1. The first-order valence-corrected chi connectivity index (χ1v) is 4.30. The fourth-order valence-corrected chi connectivity index (χ4v) is 1.49. The Morgan fingerprint density at radius 1 is 1.46 bits per heavy atom. The largest absolute Gasteiger partial charge is 0.508 e. The molecule has 0 spiro atoms. The Kier molecular flexibility index (Phi) is 1.88. The third-order valence-electron chi connectivity index (χ3n) is 2.26. The van der Waals surface area contributed by atoms with Crippen LogP contribution in [0.3, 0.4) is 0 Å². The second kappa shape index (κ2) is 2.92. The summed E-state index contributed by atoms with van der Waals surface area (Å²) >= 11 is 0. The maximum absolute atomic E-state index is 9.49. The molecule has 0 saturated heterocycles. The van der Waals surface area contributed by atoms with Crippen molar-refractivity contribution in [2.45, 2.75) is 13.5 Å². The summed E-state index contributed by atoms with van der Waals surface area (Å²) in [6.45, 7) is 3.33. The van der Waals surface area contributed by atoms with Crippen molar-refractivity contribution >= 4 is 0 Å². The Hall–Kier alpha value is -1.22. The van der Waals surface area contributed by atoms with Gasteiger partial charge in [-0.2, -0.15) is 0 Å². The normalized spacial score (nSPS) is 16.5. The maximum atomic E-state index is 9.49. The van der Waals surface area contributed by atoms with Crippen molar-refractivity contribution in [1.29, 1.82) is 0 Å². The van der Waals surface area contributed by atoms with Crippen molar-refractivity contribution in [2.24, 2.45) is 0 Å². The van der Waals surface area contributed by atoms with E-state index in [9.17, 15) is 5.11 Å². The molecule has 1 aliphatic rings. The van der Waals surface area contributed by atoms with Gasteiger partial charge in [0.1, 0.15) is 18.2 Å². The van der Waals surface area contributed by atoms with E-state index in [4.69, 9.17) is 4.74 Å². The van der Waals surface area contributed by atoms with Crippen LogP contribution in [0, 0.1) is 6.92 Å². The molecule has 2 rings (SSSR count). The molecule has 3 heteroatoms. The highest BCUT2D eigenvalue weighted by molar-refractivity contribution is 5.45. The first-order valence-electron chi connectivity index (χ1n) is 4.30. The van der Waals surface area contributed by atoms with E-state index in [-0.39, 0.29) is 0 Å². The van der Waals surface area contributed by atoms with Crippen molar-refractivity contribution in [3.8, 4) is 11.5 Å². The second-order valence-corrected chi connectivity index (χ2v) is 3.53. The molecular formula is C10H13NO2. The molecule has 0 atom stereocenters. The van der Waals surface area contributed by atoms with E-state index in [0.717, 1.165) is 23.4 Å². The maximum Gasteiger partial charge on any atom is 0.142 e. The average Bonchev–Trinajstić information content (AvgIpc) is 2.08. The molecule has 70 valence electrons. The molecule has 0 unspecified atom stereocenters. The third-order valence-corrected chi connectivity index (χ3v) is 2.26. The first kappa shape index (κ1) is 8.38. The highest BCUT2D eigenvalue weighted by atomic mass is 16.5. The minimum Gasteiger partial charge on any atom is -0.508 e. The van der Waals surface area contributed by atoms with Crippen LogP contribution in [-0.2, 0) is 6.54 Å². The van der Waals surface area contributed by atoms with Crippen LogP contribution in [0.15, 0.2) is 12.1 Å². The van der Waals surface area contributed by atoms with Crippen LogP contribution >= 0.6 is 0 Å². The molecule has 0 aliphatic carbocycles. The summed E-state index contributed by atoms with van der Waals surface area (Å²) in [5.74, 6) is 1.24. The minimum absolute atomic E-state index is 0.345. The predicted molar refractivity (Wildman–Crippen MR) is 49.8 cm³/mol. The van der Waals surface area contributed by atoms with Gasteiger partial charge in [-0.05, 0) is 31.7 Å². The zero-order chi connectivity index (χ0) is 9.42. The van der Waals surface area contributed by atoms with Crippen LogP contribution in [0.4, 0.5) is 0 Å². The van der Waals surface area contributed by atoms with Gasteiger partial charge in [-0.3, -0.25) is 4.90 Å². The van der Waals surface area contributed by atoms with E-state index in [0.29, 0.717) is 12.5 Å². The lowest BCUT2D eigenvalue weighted by Gasteiger charge is -2.25. The number of hydrogen-bond donors (Lipinski definition) is 1. The number of aryl methyl sites for hydroxylation is 1. The number of hydrogen-bond acceptors (Lipinski definition) is 3. The highest BCUT2D eigenvalue weighted by Gasteiger charge is 2.15. The van der Waals surface area contributed by atoms with E-state index in [1.165, 1.54) is 0 Å². The molecule has 1 aromatic carbocycles. The third kappa shape index (κ3) is 1.47.